The lowest BCUT2D eigenvalue weighted by molar-refractivity contribution is -0.139. The van der Waals surface area contributed by atoms with Crippen molar-refractivity contribution in [1.29, 1.82) is 0 Å². The Labute approximate surface area is 72.6 Å². The van der Waals surface area contributed by atoms with Gasteiger partial charge in [0, 0.05) is 5.92 Å². The van der Waals surface area contributed by atoms with Crippen LogP contribution < -0.4 is 0 Å². The van der Waals surface area contributed by atoms with Crippen LogP contribution in [0.25, 0.3) is 0 Å². The van der Waals surface area contributed by atoms with E-state index in [0.29, 0.717) is 17.6 Å². The molecular formula is C10H14O2. The first-order valence-corrected chi connectivity index (χ1v) is 4.59. The van der Waals surface area contributed by atoms with E-state index in [2.05, 4.69) is 13.5 Å². The summed E-state index contributed by atoms with van der Waals surface area (Å²) in [5.74, 6) is 1.79. The summed E-state index contributed by atoms with van der Waals surface area (Å²) < 4.78 is 5.02. The summed E-state index contributed by atoms with van der Waals surface area (Å²) in [7, 11) is 0. The van der Waals surface area contributed by atoms with Gasteiger partial charge in [-0.1, -0.05) is 13.5 Å². The molecule has 2 fully saturated rings. The molecule has 1 saturated carbocycles. The third-order valence-electron chi connectivity index (χ3n) is 3.06. The van der Waals surface area contributed by atoms with Gasteiger partial charge in [-0.2, -0.15) is 0 Å². The van der Waals surface area contributed by atoms with Crippen LogP contribution in [0.4, 0.5) is 0 Å². The van der Waals surface area contributed by atoms with E-state index in [-0.39, 0.29) is 11.9 Å². The number of hydrogen-bond acceptors (Lipinski definition) is 2. The minimum absolute atomic E-state index is 0.0449. The highest BCUT2D eigenvalue weighted by Gasteiger charge is 2.42. The second-order valence-electron chi connectivity index (χ2n) is 4.02. The van der Waals surface area contributed by atoms with Gasteiger partial charge >= 0.3 is 5.97 Å². The van der Waals surface area contributed by atoms with Crippen LogP contribution in [0.5, 0.6) is 0 Å². The molecule has 0 spiro atoms. The third kappa shape index (κ3) is 1.06. The van der Waals surface area contributed by atoms with Gasteiger partial charge in [0.05, 0.1) is 5.92 Å². The monoisotopic (exact) mass is 166 g/mol. The second kappa shape index (κ2) is 2.61. The number of esters is 1. The summed E-state index contributed by atoms with van der Waals surface area (Å²) in [6.07, 6.45) is 3.27. The molecule has 2 heteroatoms. The highest BCUT2D eigenvalue weighted by molar-refractivity contribution is 5.77. The van der Waals surface area contributed by atoms with Crippen LogP contribution >= 0.6 is 0 Å². The highest BCUT2D eigenvalue weighted by atomic mass is 16.5. The Morgan fingerprint density at radius 3 is 2.92 bits per heavy atom. The van der Waals surface area contributed by atoms with E-state index >= 15 is 0 Å². The number of cyclic esters (lactones) is 1. The summed E-state index contributed by atoms with van der Waals surface area (Å²) in [6, 6.07) is 0. The van der Waals surface area contributed by atoms with Crippen LogP contribution in [0, 0.1) is 17.8 Å². The SMILES string of the molecule is C=C1OC(=O)C2C[C@@H](C)CCC12. The van der Waals surface area contributed by atoms with Crippen LogP contribution in [0.3, 0.4) is 0 Å². The average molecular weight is 166 g/mol. The van der Waals surface area contributed by atoms with Crippen molar-refractivity contribution in [2.45, 2.75) is 26.2 Å². The third-order valence-corrected chi connectivity index (χ3v) is 3.06. The first-order valence-electron chi connectivity index (χ1n) is 4.59. The maximum Gasteiger partial charge on any atom is 0.314 e. The molecule has 1 heterocycles. The number of ether oxygens (including phenoxy) is 1. The van der Waals surface area contributed by atoms with Crippen molar-refractivity contribution in [3.05, 3.63) is 12.3 Å². The molecule has 2 unspecified atom stereocenters. The number of fused-ring (bicyclic) bond motifs is 1. The molecule has 0 N–H and O–H groups in total. The molecule has 2 aliphatic rings. The normalized spacial score (nSPS) is 40.9. The lowest BCUT2D eigenvalue weighted by atomic mass is 9.75. The topological polar surface area (TPSA) is 26.3 Å². The van der Waals surface area contributed by atoms with E-state index in [1.807, 2.05) is 0 Å². The molecule has 0 aromatic heterocycles. The highest BCUT2D eigenvalue weighted by Crippen LogP contribution is 2.43. The molecule has 66 valence electrons. The molecule has 0 bridgehead atoms. The number of carbonyl (C=O) groups is 1. The molecule has 0 radical (unpaired) electrons. The van der Waals surface area contributed by atoms with Gasteiger partial charge in [0.2, 0.25) is 0 Å². The molecular weight excluding hydrogens is 152 g/mol. The summed E-state index contributed by atoms with van der Waals surface area (Å²) in [5, 5.41) is 0. The Hall–Kier alpha value is -0.790. The number of carbonyl (C=O) groups excluding carboxylic acids is 1. The molecule has 1 aliphatic carbocycles. The Morgan fingerprint density at radius 1 is 1.42 bits per heavy atom. The Kier molecular flexibility index (Phi) is 1.71. The van der Waals surface area contributed by atoms with Crippen molar-refractivity contribution in [1.82, 2.24) is 0 Å². The fraction of sp³-hybridized carbons (Fsp3) is 0.700. The number of allylic oxidation sites excluding steroid dienone is 1. The lowest BCUT2D eigenvalue weighted by Crippen LogP contribution is -2.23. The molecule has 2 rings (SSSR count). The van der Waals surface area contributed by atoms with Crippen LogP contribution in [0.15, 0.2) is 12.3 Å². The minimum atomic E-state index is -0.0449. The molecule has 0 aromatic carbocycles. The predicted octanol–water partition coefficient (Wildman–Crippen LogP) is 2.11. The standard InChI is InChI=1S/C10H14O2/c1-6-3-4-8-7(2)12-10(11)9(8)5-6/h6,8-9H,2-5H2,1H3/t6-,8?,9?/m0/s1. The van der Waals surface area contributed by atoms with E-state index in [1.54, 1.807) is 0 Å². The predicted molar refractivity (Wildman–Crippen MR) is 45.2 cm³/mol. The van der Waals surface area contributed by atoms with Gasteiger partial charge in [0.25, 0.3) is 0 Å². The van der Waals surface area contributed by atoms with Crippen molar-refractivity contribution < 1.29 is 9.53 Å². The van der Waals surface area contributed by atoms with Crippen LogP contribution in [0.2, 0.25) is 0 Å². The lowest BCUT2D eigenvalue weighted by Gasteiger charge is -2.25. The van der Waals surface area contributed by atoms with Crippen molar-refractivity contribution in [2.24, 2.45) is 17.8 Å². The van der Waals surface area contributed by atoms with Gasteiger partial charge in [0.1, 0.15) is 5.76 Å². The fourth-order valence-corrected chi connectivity index (χ4v) is 2.31. The molecule has 0 aromatic rings. The molecule has 0 amide bonds. The van der Waals surface area contributed by atoms with E-state index < -0.39 is 0 Å². The maximum atomic E-state index is 11.3. The first kappa shape index (κ1) is 7.84. The summed E-state index contributed by atoms with van der Waals surface area (Å²) in [6.45, 7) is 5.97. The zero-order valence-corrected chi connectivity index (χ0v) is 7.38. The quantitative estimate of drug-likeness (QED) is 0.515. The Bertz CT molecular complexity index is 232. The van der Waals surface area contributed by atoms with Gasteiger partial charge < -0.3 is 4.74 Å². The fourth-order valence-electron chi connectivity index (χ4n) is 2.31. The molecule has 12 heavy (non-hydrogen) atoms. The van der Waals surface area contributed by atoms with Gasteiger partial charge in [-0.15, -0.1) is 0 Å². The van der Waals surface area contributed by atoms with Gasteiger partial charge in [-0.3, -0.25) is 4.79 Å². The summed E-state index contributed by atoms with van der Waals surface area (Å²) >= 11 is 0. The maximum absolute atomic E-state index is 11.3. The minimum Gasteiger partial charge on any atom is -0.431 e. The van der Waals surface area contributed by atoms with Gasteiger partial charge in [-0.05, 0) is 25.2 Å². The van der Waals surface area contributed by atoms with Crippen LogP contribution in [-0.4, -0.2) is 5.97 Å². The van der Waals surface area contributed by atoms with E-state index in [0.717, 1.165) is 12.8 Å². The summed E-state index contributed by atoms with van der Waals surface area (Å²) in [5.41, 5.74) is 0. The van der Waals surface area contributed by atoms with Crippen molar-refractivity contribution >= 4 is 5.97 Å². The van der Waals surface area contributed by atoms with Gasteiger partial charge in [-0.25, -0.2) is 0 Å². The molecule has 1 aliphatic heterocycles. The largest absolute Gasteiger partial charge is 0.431 e. The number of rotatable bonds is 0. The Balaban J connectivity index is 2.17. The molecule has 2 nitrogen and oxygen atoms in total. The van der Waals surface area contributed by atoms with Crippen LogP contribution in [-0.2, 0) is 9.53 Å². The zero-order chi connectivity index (χ0) is 8.72. The number of hydrogen-bond donors (Lipinski definition) is 0. The van der Waals surface area contributed by atoms with Crippen LogP contribution in [0.1, 0.15) is 26.2 Å². The van der Waals surface area contributed by atoms with E-state index in [9.17, 15) is 4.79 Å². The molecule has 1 saturated heterocycles. The average Bonchev–Trinajstić information content (AvgIpc) is 2.28. The van der Waals surface area contributed by atoms with E-state index in [4.69, 9.17) is 4.74 Å². The first-order chi connectivity index (χ1) is 5.68. The van der Waals surface area contributed by atoms with Crippen molar-refractivity contribution in [2.75, 3.05) is 0 Å². The molecule has 3 atom stereocenters. The van der Waals surface area contributed by atoms with Crippen molar-refractivity contribution in [3.8, 4) is 0 Å². The summed E-state index contributed by atoms with van der Waals surface area (Å²) in [4.78, 5) is 11.3. The zero-order valence-electron chi connectivity index (χ0n) is 7.38. The Morgan fingerprint density at radius 2 is 2.17 bits per heavy atom. The van der Waals surface area contributed by atoms with Gasteiger partial charge in [0.15, 0.2) is 0 Å². The van der Waals surface area contributed by atoms with E-state index in [1.165, 1.54) is 6.42 Å². The smallest absolute Gasteiger partial charge is 0.314 e. The van der Waals surface area contributed by atoms with Crippen molar-refractivity contribution in [3.63, 3.8) is 0 Å². The second-order valence-corrected chi connectivity index (χ2v) is 4.02.